The van der Waals surface area contributed by atoms with Crippen LogP contribution in [0.5, 0.6) is 0 Å². The highest BCUT2D eigenvalue weighted by Crippen LogP contribution is 2.39. The summed E-state index contributed by atoms with van der Waals surface area (Å²) in [6.07, 6.45) is 4.12. The van der Waals surface area contributed by atoms with Crippen molar-refractivity contribution in [3.05, 3.63) is 29.8 Å². The van der Waals surface area contributed by atoms with Crippen molar-refractivity contribution in [2.24, 2.45) is 0 Å². The van der Waals surface area contributed by atoms with E-state index < -0.39 is 5.60 Å². The van der Waals surface area contributed by atoms with Gasteiger partial charge in [-0.3, -0.25) is 4.48 Å². The summed E-state index contributed by atoms with van der Waals surface area (Å²) in [7, 11) is 6.46. The number of hydrogen-bond acceptors (Lipinski definition) is 1. The Hall–Kier alpha value is -0.860. The van der Waals surface area contributed by atoms with Crippen LogP contribution >= 0.6 is 0 Å². The maximum atomic E-state index is 10.5. The zero-order chi connectivity index (χ0) is 11.8. The van der Waals surface area contributed by atoms with Gasteiger partial charge in [0.1, 0.15) is 5.69 Å². The molecular weight excluding hydrogens is 198 g/mol. The topological polar surface area (TPSA) is 20.2 Å². The molecule has 2 heteroatoms. The Morgan fingerprint density at radius 2 is 1.50 bits per heavy atom. The van der Waals surface area contributed by atoms with Crippen LogP contribution < -0.4 is 4.48 Å². The monoisotopic (exact) mass is 220 g/mol. The van der Waals surface area contributed by atoms with Crippen LogP contribution in [0.15, 0.2) is 24.3 Å². The van der Waals surface area contributed by atoms with Crippen LogP contribution in [0, 0.1) is 0 Å². The Labute approximate surface area is 98.1 Å². The number of nitrogens with zero attached hydrogens (tertiary/aromatic N) is 1. The first kappa shape index (κ1) is 11.6. The number of rotatable bonds is 2. The summed E-state index contributed by atoms with van der Waals surface area (Å²) in [5.74, 6) is 0. The van der Waals surface area contributed by atoms with Crippen LogP contribution in [0.2, 0.25) is 0 Å². The number of aliphatic hydroxyl groups is 1. The number of benzene rings is 1. The van der Waals surface area contributed by atoms with E-state index >= 15 is 0 Å². The molecule has 0 atom stereocenters. The molecule has 1 saturated carbocycles. The highest BCUT2D eigenvalue weighted by molar-refractivity contribution is 5.44. The predicted octanol–water partition coefficient (Wildman–Crippen LogP) is 2.64. The Morgan fingerprint density at radius 1 is 1.00 bits per heavy atom. The van der Waals surface area contributed by atoms with Gasteiger partial charge in [0, 0.05) is 0 Å². The minimum Gasteiger partial charge on any atom is -0.385 e. The minimum atomic E-state index is -0.552. The molecule has 1 N–H and O–H groups in total. The van der Waals surface area contributed by atoms with E-state index in [1.165, 1.54) is 5.69 Å². The molecule has 0 bridgehead atoms. The molecule has 0 saturated heterocycles. The second kappa shape index (κ2) is 3.86. The van der Waals surface area contributed by atoms with Gasteiger partial charge >= 0.3 is 0 Å². The summed E-state index contributed by atoms with van der Waals surface area (Å²) in [6, 6.07) is 8.44. The molecular formula is C14H22NO+. The van der Waals surface area contributed by atoms with Gasteiger partial charge in [0.05, 0.1) is 26.7 Å². The second-order valence-electron chi connectivity index (χ2n) is 5.80. The first-order chi connectivity index (χ1) is 7.42. The summed E-state index contributed by atoms with van der Waals surface area (Å²) >= 11 is 0. The van der Waals surface area contributed by atoms with Crippen molar-refractivity contribution in [3.8, 4) is 0 Å². The summed E-state index contributed by atoms with van der Waals surface area (Å²) in [5, 5.41) is 10.5. The third kappa shape index (κ3) is 2.13. The average molecular weight is 220 g/mol. The molecule has 0 radical (unpaired) electrons. The molecule has 0 aliphatic heterocycles. The van der Waals surface area contributed by atoms with Gasteiger partial charge in [-0.25, -0.2) is 0 Å². The lowest BCUT2D eigenvalue weighted by atomic mass is 9.92. The van der Waals surface area contributed by atoms with Crippen molar-refractivity contribution in [1.29, 1.82) is 0 Å². The second-order valence-corrected chi connectivity index (χ2v) is 5.80. The van der Waals surface area contributed by atoms with Crippen molar-refractivity contribution < 1.29 is 5.11 Å². The zero-order valence-electron chi connectivity index (χ0n) is 10.5. The smallest absolute Gasteiger partial charge is 0.132 e. The van der Waals surface area contributed by atoms with E-state index in [9.17, 15) is 5.11 Å². The van der Waals surface area contributed by atoms with Gasteiger partial charge in [-0.15, -0.1) is 0 Å². The fraction of sp³-hybridized carbons (Fsp3) is 0.571. The van der Waals surface area contributed by atoms with Crippen molar-refractivity contribution >= 4 is 5.69 Å². The van der Waals surface area contributed by atoms with Gasteiger partial charge in [-0.1, -0.05) is 25.0 Å². The van der Waals surface area contributed by atoms with E-state index in [4.69, 9.17) is 0 Å². The van der Waals surface area contributed by atoms with Gasteiger partial charge < -0.3 is 5.11 Å². The van der Waals surface area contributed by atoms with E-state index in [2.05, 4.69) is 45.4 Å². The molecule has 2 rings (SSSR count). The molecule has 0 heterocycles. The van der Waals surface area contributed by atoms with Gasteiger partial charge in [-0.05, 0) is 30.5 Å². The molecule has 2 nitrogen and oxygen atoms in total. The molecule has 1 fully saturated rings. The Bertz CT molecular complexity index is 355. The number of hydrogen-bond donors (Lipinski definition) is 1. The van der Waals surface area contributed by atoms with E-state index in [0.29, 0.717) is 0 Å². The summed E-state index contributed by atoms with van der Waals surface area (Å²) in [5.41, 5.74) is 1.80. The van der Waals surface area contributed by atoms with Gasteiger partial charge in [0.2, 0.25) is 0 Å². The fourth-order valence-electron chi connectivity index (χ4n) is 2.47. The minimum absolute atomic E-state index is 0.552. The van der Waals surface area contributed by atoms with E-state index in [-0.39, 0.29) is 0 Å². The van der Waals surface area contributed by atoms with Gasteiger partial charge in [0.25, 0.3) is 0 Å². The van der Waals surface area contributed by atoms with Gasteiger partial charge in [-0.2, -0.15) is 0 Å². The highest BCUT2D eigenvalue weighted by Gasteiger charge is 2.33. The SMILES string of the molecule is C[N+](C)(C)c1ccc(C2(O)CCCC2)cc1. The molecule has 0 spiro atoms. The van der Waals surface area contributed by atoms with Crippen molar-refractivity contribution in [2.75, 3.05) is 21.1 Å². The normalized spacial score (nSPS) is 20.0. The van der Waals surface area contributed by atoms with E-state index in [1.807, 2.05) is 0 Å². The number of quaternary nitrogens is 1. The molecule has 16 heavy (non-hydrogen) atoms. The first-order valence-corrected chi connectivity index (χ1v) is 6.07. The van der Waals surface area contributed by atoms with Crippen LogP contribution in [0.3, 0.4) is 0 Å². The maximum Gasteiger partial charge on any atom is 0.132 e. The summed E-state index contributed by atoms with van der Waals surface area (Å²) in [4.78, 5) is 0. The zero-order valence-corrected chi connectivity index (χ0v) is 10.5. The Balaban J connectivity index is 2.26. The lowest BCUT2D eigenvalue weighted by Crippen LogP contribution is -2.34. The molecule has 88 valence electrons. The van der Waals surface area contributed by atoms with Crippen molar-refractivity contribution in [2.45, 2.75) is 31.3 Å². The van der Waals surface area contributed by atoms with Crippen LogP contribution in [0.1, 0.15) is 31.2 Å². The largest absolute Gasteiger partial charge is 0.385 e. The average Bonchev–Trinajstić information content (AvgIpc) is 2.66. The molecule has 1 aromatic rings. The summed E-state index contributed by atoms with van der Waals surface area (Å²) < 4.78 is 0.818. The molecule has 1 aromatic carbocycles. The van der Waals surface area contributed by atoms with Crippen molar-refractivity contribution in [3.63, 3.8) is 0 Å². The van der Waals surface area contributed by atoms with Crippen LogP contribution in [-0.2, 0) is 5.60 Å². The quantitative estimate of drug-likeness (QED) is 0.760. The highest BCUT2D eigenvalue weighted by atomic mass is 16.3. The third-order valence-electron chi connectivity index (χ3n) is 3.61. The molecule has 1 aliphatic carbocycles. The Kier molecular flexibility index (Phi) is 2.81. The van der Waals surface area contributed by atoms with E-state index in [0.717, 1.165) is 35.7 Å². The maximum absolute atomic E-state index is 10.5. The molecule has 0 aromatic heterocycles. The molecule has 1 aliphatic rings. The Morgan fingerprint density at radius 3 is 1.94 bits per heavy atom. The van der Waals surface area contributed by atoms with Crippen molar-refractivity contribution in [1.82, 2.24) is 4.48 Å². The van der Waals surface area contributed by atoms with Crippen LogP contribution in [0.4, 0.5) is 5.69 Å². The first-order valence-electron chi connectivity index (χ1n) is 6.07. The van der Waals surface area contributed by atoms with Gasteiger partial charge in [0.15, 0.2) is 0 Å². The van der Waals surface area contributed by atoms with E-state index in [1.54, 1.807) is 0 Å². The fourth-order valence-corrected chi connectivity index (χ4v) is 2.47. The predicted molar refractivity (Wildman–Crippen MR) is 68.4 cm³/mol. The van der Waals surface area contributed by atoms with Crippen LogP contribution in [-0.4, -0.2) is 26.2 Å². The molecule has 0 unspecified atom stereocenters. The summed E-state index contributed by atoms with van der Waals surface area (Å²) in [6.45, 7) is 0. The third-order valence-corrected chi connectivity index (χ3v) is 3.61. The lowest BCUT2D eigenvalue weighted by molar-refractivity contribution is 0.0444. The molecule has 0 amide bonds. The standard InChI is InChI=1S/C14H22NO/c1-15(2,3)13-8-6-12(7-9-13)14(16)10-4-5-11-14/h6-9,16H,4-5,10-11H2,1-3H3/q+1. The van der Waals surface area contributed by atoms with Crippen LogP contribution in [0.25, 0.3) is 0 Å². The lowest BCUT2D eigenvalue weighted by Gasteiger charge is -2.26.